The maximum Gasteiger partial charge on any atom is 0.305 e. The maximum atomic E-state index is 12.1. The van der Waals surface area contributed by atoms with Gasteiger partial charge in [-0.2, -0.15) is 0 Å². The molecule has 1 heterocycles. The lowest BCUT2D eigenvalue weighted by molar-refractivity contribution is -0.140. The average molecular weight is 242 g/mol. The molecule has 1 rings (SSSR count). The summed E-state index contributed by atoms with van der Waals surface area (Å²) in [6, 6.07) is -0.664. The van der Waals surface area contributed by atoms with E-state index in [0.717, 1.165) is 12.8 Å². The largest absolute Gasteiger partial charge is 0.481 e. The molecule has 5 nitrogen and oxygen atoms in total. The summed E-state index contributed by atoms with van der Waals surface area (Å²) in [5.41, 5.74) is 5.85. The van der Waals surface area contributed by atoms with E-state index in [0.29, 0.717) is 18.9 Å². The normalized spacial score (nSPS) is 21.9. The third-order valence-corrected chi connectivity index (χ3v) is 3.11. The molecule has 0 saturated carbocycles. The molecule has 0 spiro atoms. The van der Waals surface area contributed by atoms with Crippen molar-refractivity contribution in [1.29, 1.82) is 0 Å². The van der Waals surface area contributed by atoms with Crippen molar-refractivity contribution in [3.63, 3.8) is 0 Å². The lowest BCUT2D eigenvalue weighted by atomic mass is 10.0. The van der Waals surface area contributed by atoms with Crippen molar-refractivity contribution in [3.05, 3.63) is 0 Å². The molecule has 0 aliphatic carbocycles. The van der Waals surface area contributed by atoms with Gasteiger partial charge in [-0.05, 0) is 25.2 Å². The molecule has 1 amide bonds. The highest BCUT2D eigenvalue weighted by Crippen LogP contribution is 2.21. The van der Waals surface area contributed by atoms with Gasteiger partial charge in [0.05, 0.1) is 12.5 Å². The van der Waals surface area contributed by atoms with Gasteiger partial charge in [0.15, 0.2) is 0 Å². The van der Waals surface area contributed by atoms with E-state index >= 15 is 0 Å². The van der Waals surface area contributed by atoms with Crippen LogP contribution in [0.5, 0.6) is 0 Å². The van der Waals surface area contributed by atoms with Crippen LogP contribution in [-0.2, 0) is 9.59 Å². The van der Waals surface area contributed by atoms with E-state index in [1.54, 1.807) is 4.90 Å². The van der Waals surface area contributed by atoms with Crippen LogP contribution in [0.15, 0.2) is 0 Å². The Balaban J connectivity index is 2.57. The number of amides is 1. The zero-order valence-corrected chi connectivity index (χ0v) is 10.6. The molecule has 1 unspecified atom stereocenters. The molecular formula is C12H22N2O3. The Morgan fingerprint density at radius 3 is 2.65 bits per heavy atom. The van der Waals surface area contributed by atoms with Crippen LogP contribution in [-0.4, -0.2) is 40.5 Å². The van der Waals surface area contributed by atoms with Gasteiger partial charge in [-0.15, -0.1) is 0 Å². The first-order chi connectivity index (χ1) is 7.91. The number of carbonyl (C=O) groups is 2. The fourth-order valence-corrected chi connectivity index (χ4v) is 2.36. The van der Waals surface area contributed by atoms with Crippen LogP contribution in [0.3, 0.4) is 0 Å². The summed E-state index contributed by atoms with van der Waals surface area (Å²) in [5, 5.41) is 8.79. The van der Waals surface area contributed by atoms with Crippen LogP contribution in [0.4, 0.5) is 0 Å². The van der Waals surface area contributed by atoms with E-state index in [1.807, 2.05) is 13.8 Å². The van der Waals surface area contributed by atoms with E-state index in [2.05, 4.69) is 0 Å². The van der Waals surface area contributed by atoms with Crippen molar-refractivity contribution in [3.8, 4) is 0 Å². The van der Waals surface area contributed by atoms with Crippen LogP contribution >= 0.6 is 0 Å². The highest BCUT2D eigenvalue weighted by molar-refractivity contribution is 5.82. The Hall–Kier alpha value is -1.10. The molecule has 1 fully saturated rings. The smallest absolute Gasteiger partial charge is 0.305 e. The van der Waals surface area contributed by atoms with Crippen LogP contribution < -0.4 is 5.73 Å². The number of hydrogen-bond acceptors (Lipinski definition) is 3. The van der Waals surface area contributed by atoms with Gasteiger partial charge in [-0.25, -0.2) is 0 Å². The molecular weight excluding hydrogens is 220 g/mol. The molecule has 0 radical (unpaired) electrons. The highest BCUT2D eigenvalue weighted by atomic mass is 16.4. The molecule has 1 aliphatic rings. The van der Waals surface area contributed by atoms with Gasteiger partial charge in [0, 0.05) is 12.6 Å². The Morgan fingerprint density at radius 2 is 2.12 bits per heavy atom. The molecule has 98 valence electrons. The van der Waals surface area contributed by atoms with Crippen molar-refractivity contribution < 1.29 is 14.7 Å². The number of carboxylic acid groups (broad SMARTS) is 1. The van der Waals surface area contributed by atoms with Crippen molar-refractivity contribution in [2.45, 2.75) is 51.6 Å². The second kappa shape index (κ2) is 6.00. The fourth-order valence-electron chi connectivity index (χ4n) is 2.36. The zero-order chi connectivity index (χ0) is 13.0. The van der Waals surface area contributed by atoms with Gasteiger partial charge >= 0.3 is 5.97 Å². The Morgan fingerprint density at radius 1 is 1.47 bits per heavy atom. The molecule has 3 N–H and O–H groups in total. The van der Waals surface area contributed by atoms with Crippen LogP contribution in [0.2, 0.25) is 0 Å². The first-order valence-corrected chi connectivity index (χ1v) is 6.19. The standard InChI is InChI=1S/C12H22N2O3/c1-8(2)6-10(13)12(17)14-5-3-4-9(14)7-11(15)16/h8-10H,3-7,13H2,1-2H3,(H,15,16)/t9?,10-/m0/s1. The van der Waals surface area contributed by atoms with E-state index in [9.17, 15) is 9.59 Å². The van der Waals surface area contributed by atoms with E-state index in [4.69, 9.17) is 10.8 Å². The predicted octanol–water partition coefficient (Wildman–Crippen LogP) is 0.825. The van der Waals surface area contributed by atoms with E-state index < -0.39 is 12.0 Å². The summed E-state index contributed by atoms with van der Waals surface area (Å²) < 4.78 is 0. The second-order valence-electron chi connectivity index (χ2n) is 5.16. The summed E-state index contributed by atoms with van der Waals surface area (Å²) in [4.78, 5) is 24.4. The summed E-state index contributed by atoms with van der Waals surface area (Å²) in [6.45, 7) is 4.68. The summed E-state index contributed by atoms with van der Waals surface area (Å²) in [6.07, 6.45) is 2.32. The van der Waals surface area contributed by atoms with Crippen molar-refractivity contribution in [2.24, 2.45) is 11.7 Å². The molecule has 0 aromatic rings. The Bertz CT molecular complexity index is 291. The van der Waals surface area contributed by atoms with Crippen LogP contribution in [0.1, 0.15) is 39.5 Å². The fraction of sp³-hybridized carbons (Fsp3) is 0.833. The van der Waals surface area contributed by atoms with E-state index in [1.165, 1.54) is 0 Å². The number of nitrogens with two attached hydrogens (primary N) is 1. The molecule has 17 heavy (non-hydrogen) atoms. The lowest BCUT2D eigenvalue weighted by Crippen LogP contribution is -2.47. The van der Waals surface area contributed by atoms with Crippen molar-refractivity contribution in [2.75, 3.05) is 6.54 Å². The van der Waals surface area contributed by atoms with Crippen molar-refractivity contribution >= 4 is 11.9 Å². The number of aliphatic carboxylic acids is 1. The van der Waals surface area contributed by atoms with Crippen LogP contribution in [0, 0.1) is 5.92 Å². The minimum Gasteiger partial charge on any atom is -0.481 e. The van der Waals surface area contributed by atoms with Crippen LogP contribution in [0.25, 0.3) is 0 Å². The lowest BCUT2D eigenvalue weighted by Gasteiger charge is -2.27. The Kier molecular flexibility index (Phi) is 4.93. The first-order valence-electron chi connectivity index (χ1n) is 6.19. The zero-order valence-electron chi connectivity index (χ0n) is 10.6. The first kappa shape index (κ1) is 14.0. The third-order valence-electron chi connectivity index (χ3n) is 3.11. The van der Waals surface area contributed by atoms with Gasteiger partial charge in [0.25, 0.3) is 0 Å². The molecule has 0 aromatic carbocycles. The Labute approximate surface area is 102 Å². The average Bonchev–Trinajstić information content (AvgIpc) is 2.62. The number of rotatable bonds is 5. The van der Waals surface area contributed by atoms with Crippen molar-refractivity contribution in [1.82, 2.24) is 4.90 Å². The summed E-state index contributed by atoms with van der Waals surface area (Å²) in [5.74, 6) is -0.580. The van der Waals surface area contributed by atoms with Gasteiger partial charge in [-0.1, -0.05) is 13.8 Å². The maximum absolute atomic E-state index is 12.1. The molecule has 1 saturated heterocycles. The molecule has 5 heteroatoms. The topological polar surface area (TPSA) is 83.6 Å². The number of carbonyl (C=O) groups excluding carboxylic acids is 1. The number of nitrogens with zero attached hydrogens (tertiary/aromatic N) is 1. The summed E-state index contributed by atoms with van der Waals surface area (Å²) >= 11 is 0. The molecule has 1 aliphatic heterocycles. The second-order valence-corrected chi connectivity index (χ2v) is 5.16. The van der Waals surface area contributed by atoms with Gasteiger partial charge < -0.3 is 15.7 Å². The summed E-state index contributed by atoms with van der Waals surface area (Å²) in [7, 11) is 0. The van der Waals surface area contributed by atoms with E-state index in [-0.39, 0.29) is 18.4 Å². The SMILES string of the molecule is CC(C)C[C@H](N)C(=O)N1CCCC1CC(=O)O. The third kappa shape index (κ3) is 4.00. The highest BCUT2D eigenvalue weighted by Gasteiger charge is 2.32. The molecule has 2 atom stereocenters. The van der Waals surface area contributed by atoms with Gasteiger partial charge in [0.1, 0.15) is 0 Å². The number of carboxylic acids is 1. The van der Waals surface area contributed by atoms with Gasteiger partial charge in [-0.3, -0.25) is 9.59 Å². The quantitative estimate of drug-likeness (QED) is 0.747. The molecule has 0 bridgehead atoms. The predicted molar refractivity (Wildman–Crippen MR) is 64.4 cm³/mol. The van der Waals surface area contributed by atoms with Gasteiger partial charge in [0.2, 0.25) is 5.91 Å². The minimum absolute atomic E-state index is 0.0279. The number of hydrogen-bond donors (Lipinski definition) is 2. The molecule has 0 aromatic heterocycles. The monoisotopic (exact) mass is 242 g/mol. The number of likely N-dealkylation sites (tertiary alicyclic amines) is 1. The minimum atomic E-state index is -0.855.